The SMILES string of the molecule is Cc1ccc(C(=O)N/C(=C\c2ccc3c(c2)OCO3)C(=O)Nc2ccc(Br)cc2)cc1C. The first-order valence-electron chi connectivity index (χ1n) is 9.96. The maximum atomic E-state index is 13.1. The van der Waals surface area contributed by atoms with Crippen molar-refractivity contribution in [2.24, 2.45) is 0 Å². The predicted molar refractivity (Wildman–Crippen MR) is 127 cm³/mol. The minimum Gasteiger partial charge on any atom is -0.454 e. The van der Waals surface area contributed by atoms with E-state index in [1.54, 1.807) is 48.5 Å². The molecule has 0 bridgehead atoms. The molecule has 0 spiro atoms. The van der Waals surface area contributed by atoms with Crippen LogP contribution in [-0.4, -0.2) is 18.6 Å². The van der Waals surface area contributed by atoms with E-state index < -0.39 is 5.91 Å². The molecule has 0 aliphatic carbocycles. The summed E-state index contributed by atoms with van der Waals surface area (Å²) in [7, 11) is 0. The topological polar surface area (TPSA) is 76.7 Å². The number of ether oxygens (including phenoxy) is 2. The Morgan fingerprint density at radius 3 is 2.41 bits per heavy atom. The van der Waals surface area contributed by atoms with Crippen LogP contribution in [0.15, 0.2) is 70.8 Å². The van der Waals surface area contributed by atoms with Gasteiger partial charge in [-0.2, -0.15) is 0 Å². The van der Waals surface area contributed by atoms with E-state index in [4.69, 9.17) is 9.47 Å². The van der Waals surface area contributed by atoms with E-state index in [1.165, 1.54) is 0 Å². The number of amides is 2. The highest BCUT2D eigenvalue weighted by molar-refractivity contribution is 9.10. The van der Waals surface area contributed by atoms with Crippen molar-refractivity contribution in [3.63, 3.8) is 0 Å². The minimum absolute atomic E-state index is 0.106. The highest BCUT2D eigenvalue weighted by Crippen LogP contribution is 2.33. The lowest BCUT2D eigenvalue weighted by atomic mass is 10.1. The number of benzene rings is 3. The van der Waals surface area contributed by atoms with Gasteiger partial charge >= 0.3 is 0 Å². The molecular formula is C25H21BrN2O4. The van der Waals surface area contributed by atoms with Gasteiger partial charge in [-0.1, -0.05) is 28.1 Å². The van der Waals surface area contributed by atoms with Crippen molar-refractivity contribution in [1.82, 2.24) is 5.32 Å². The van der Waals surface area contributed by atoms with E-state index in [0.717, 1.165) is 15.6 Å². The second kappa shape index (κ2) is 9.28. The number of hydrogen-bond acceptors (Lipinski definition) is 4. The van der Waals surface area contributed by atoms with Gasteiger partial charge in [-0.05, 0) is 85.1 Å². The highest BCUT2D eigenvalue weighted by Gasteiger charge is 2.17. The van der Waals surface area contributed by atoms with Crippen molar-refractivity contribution in [2.75, 3.05) is 12.1 Å². The molecule has 0 radical (unpaired) electrons. The summed E-state index contributed by atoms with van der Waals surface area (Å²) in [6.07, 6.45) is 1.61. The van der Waals surface area contributed by atoms with Gasteiger partial charge in [0.15, 0.2) is 11.5 Å². The third-order valence-electron chi connectivity index (χ3n) is 5.07. The zero-order valence-corrected chi connectivity index (χ0v) is 19.2. The summed E-state index contributed by atoms with van der Waals surface area (Å²) in [4.78, 5) is 26.0. The van der Waals surface area contributed by atoms with Crippen molar-refractivity contribution in [3.8, 4) is 11.5 Å². The van der Waals surface area contributed by atoms with Gasteiger partial charge in [-0.3, -0.25) is 9.59 Å². The number of halogens is 1. The molecule has 0 atom stereocenters. The summed E-state index contributed by atoms with van der Waals surface area (Å²) >= 11 is 3.38. The number of aryl methyl sites for hydroxylation is 2. The predicted octanol–water partition coefficient (Wildman–Crippen LogP) is 5.20. The molecule has 0 saturated heterocycles. The van der Waals surface area contributed by atoms with Crippen molar-refractivity contribution in [1.29, 1.82) is 0 Å². The fourth-order valence-electron chi connectivity index (χ4n) is 3.14. The first-order chi connectivity index (χ1) is 15.4. The maximum Gasteiger partial charge on any atom is 0.272 e. The number of rotatable bonds is 5. The van der Waals surface area contributed by atoms with Gasteiger partial charge < -0.3 is 20.1 Å². The lowest BCUT2D eigenvalue weighted by Crippen LogP contribution is -2.30. The van der Waals surface area contributed by atoms with Gasteiger partial charge in [-0.25, -0.2) is 0 Å². The van der Waals surface area contributed by atoms with Crippen molar-refractivity contribution >= 4 is 39.5 Å². The van der Waals surface area contributed by atoms with Crippen LogP contribution in [0.3, 0.4) is 0 Å². The van der Waals surface area contributed by atoms with Crippen molar-refractivity contribution in [2.45, 2.75) is 13.8 Å². The van der Waals surface area contributed by atoms with E-state index in [2.05, 4.69) is 26.6 Å². The normalized spacial score (nSPS) is 12.4. The van der Waals surface area contributed by atoms with Crippen LogP contribution in [-0.2, 0) is 4.79 Å². The minimum atomic E-state index is -0.442. The van der Waals surface area contributed by atoms with Gasteiger partial charge in [0.05, 0.1) is 0 Å². The first-order valence-corrected chi connectivity index (χ1v) is 10.8. The fraction of sp³-hybridized carbons (Fsp3) is 0.120. The number of anilines is 1. The second-order valence-corrected chi connectivity index (χ2v) is 8.30. The van der Waals surface area contributed by atoms with Crippen LogP contribution in [0.2, 0.25) is 0 Å². The molecule has 1 heterocycles. The van der Waals surface area contributed by atoms with Crippen molar-refractivity contribution in [3.05, 3.63) is 93.1 Å². The van der Waals surface area contributed by atoms with E-state index in [-0.39, 0.29) is 18.4 Å². The van der Waals surface area contributed by atoms with Crippen LogP contribution < -0.4 is 20.1 Å². The molecule has 162 valence electrons. The number of fused-ring (bicyclic) bond motifs is 1. The van der Waals surface area contributed by atoms with Crippen LogP contribution in [0, 0.1) is 13.8 Å². The van der Waals surface area contributed by atoms with Crippen LogP contribution in [0.5, 0.6) is 11.5 Å². The maximum absolute atomic E-state index is 13.1. The Bertz CT molecular complexity index is 1220. The number of carbonyl (C=O) groups excluding carboxylic acids is 2. The van der Waals surface area contributed by atoms with E-state index in [9.17, 15) is 9.59 Å². The van der Waals surface area contributed by atoms with Gasteiger partial charge in [0, 0.05) is 15.7 Å². The second-order valence-electron chi connectivity index (χ2n) is 7.38. The summed E-state index contributed by atoms with van der Waals surface area (Å²) < 4.78 is 11.7. The zero-order chi connectivity index (χ0) is 22.7. The first kappa shape index (κ1) is 21.6. The highest BCUT2D eigenvalue weighted by atomic mass is 79.9. The molecule has 3 aromatic carbocycles. The molecule has 0 aromatic heterocycles. The average Bonchev–Trinajstić information content (AvgIpc) is 3.24. The van der Waals surface area contributed by atoms with Crippen molar-refractivity contribution < 1.29 is 19.1 Å². The van der Waals surface area contributed by atoms with Gasteiger partial charge in [0.2, 0.25) is 6.79 Å². The van der Waals surface area contributed by atoms with Crippen LogP contribution >= 0.6 is 15.9 Å². The zero-order valence-electron chi connectivity index (χ0n) is 17.6. The smallest absolute Gasteiger partial charge is 0.272 e. The van der Waals surface area contributed by atoms with Gasteiger partial charge in [0.1, 0.15) is 5.70 Å². The molecule has 2 amide bonds. The van der Waals surface area contributed by atoms with E-state index in [1.807, 2.05) is 32.0 Å². The molecule has 2 N–H and O–H groups in total. The summed E-state index contributed by atoms with van der Waals surface area (Å²) in [5.74, 6) is 0.419. The molecule has 1 aliphatic rings. The van der Waals surface area contributed by atoms with Gasteiger partial charge in [0.25, 0.3) is 11.8 Å². The number of carbonyl (C=O) groups is 2. The fourth-order valence-corrected chi connectivity index (χ4v) is 3.40. The van der Waals surface area contributed by atoms with Crippen LogP contribution in [0.4, 0.5) is 5.69 Å². The average molecular weight is 493 g/mol. The molecule has 6 nitrogen and oxygen atoms in total. The molecule has 7 heteroatoms. The summed E-state index contributed by atoms with van der Waals surface area (Å²) in [6.45, 7) is 4.08. The molecule has 1 aliphatic heterocycles. The molecular weight excluding hydrogens is 472 g/mol. The Morgan fingerprint density at radius 2 is 1.66 bits per heavy atom. The van der Waals surface area contributed by atoms with Crippen LogP contribution in [0.25, 0.3) is 6.08 Å². The Labute approximate surface area is 194 Å². The van der Waals surface area contributed by atoms with Crippen LogP contribution in [0.1, 0.15) is 27.0 Å². The number of hydrogen-bond donors (Lipinski definition) is 2. The standard InChI is InChI=1S/C25H21BrN2O4/c1-15-3-5-18(11-16(15)2)24(29)28-21(25(30)27-20-8-6-19(26)7-9-20)12-17-4-10-22-23(13-17)32-14-31-22/h3-13H,14H2,1-2H3,(H,27,30)(H,28,29)/b21-12-. The lowest BCUT2D eigenvalue weighted by molar-refractivity contribution is -0.113. The molecule has 0 fully saturated rings. The van der Waals surface area contributed by atoms with E-state index in [0.29, 0.717) is 28.3 Å². The molecule has 32 heavy (non-hydrogen) atoms. The third-order valence-corrected chi connectivity index (χ3v) is 5.60. The van der Waals surface area contributed by atoms with Gasteiger partial charge in [-0.15, -0.1) is 0 Å². The Hall–Kier alpha value is -3.58. The van der Waals surface area contributed by atoms with E-state index >= 15 is 0 Å². The third kappa shape index (κ3) is 5.00. The summed E-state index contributed by atoms with van der Waals surface area (Å²) in [6, 6.07) is 17.9. The molecule has 4 rings (SSSR count). The lowest BCUT2D eigenvalue weighted by Gasteiger charge is -2.12. The Kier molecular flexibility index (Phi) is 6.28. The molecule has 0 unspecified atom stereocenters. The quantitative estimate of drug-likeness (QED) is 0.479. The Morgan fingerprint density at radius 1 is 0.906 bits per heavy atom. The monoisotopic (exact) mass is 492 g/mol. The number of nitrogens with one attached hydrogen (secondary N) is 2. The largest absolute Gasteiger partial charge is 0.454 e. The molecule has 0 saturated carbocycles. The molecule has 3 aromatic rings. The summed E-state index contributed by atoms with van der Waals surface area (Å²) in [5, 5.41) is 5.58. The Balaban J connectivity index is 1.63. The summed E-state index contributed by atoms with van der Waals surface area (Å²) in [5.41, 5.74) is 3.96.